The number of aromatic carboxylic acids is 1. The highest BCUT2D eigenvalue weighted by molar-refractivity contribution is 9.10. The summed E-state index contributed by atoms with van der Waals surface area (Å²) in [7, 11) is 0. The van der Waals surface area contributed by atoms with Gasteiger partial charge in [0.15, 0.2) is 5.69 Å². The molecule has 0 amide bonds. The number of benzene rings is 1. The van der Waals surface area contributed by atoms with Crippen molar-refractivity contribution in [2.45, 2.75) is 13.8 Å². The van der Waals surface area contributed by atoms with Gasteiger partial charge in [0.2, 0.25) is 0 Å². The van der Waals surface area contributed by atoms with Crippen molar-refractivity contribution in [3.8, 4) is 16.3 Å². The maximum Gasteiger partial charge on any atom is 0.355 e. The van der Waals surface area contributed by atoms with Crippen LogP contribution in [0.5, 0.6) is 5.75 Å². The van der Waals surface area contributed by atoms with Gasteiger partial charge in [0.05, 0.1) is 5.56 Å². The first-order chi connectivity index (χ1) is 11.0. The number of carbonyl (C=O) groups is 1. The maximum atomic E-state index is 11.0. The molecule has 0 bridgehead atoms. The van der Waals surface area contributed by atoms with Crippen molar-refractivity contribution in [3.05, 3.63) is 33.7 Å². The van der Waals surface area contributed by atoms with Crippen LogP contribution in [0.4, 0.5) is 0 Å². The molecule has 1 N–H and O–H groups in total. The number of nitrogens with zero attached hydrogens (tertiary/aromatic N) is 2. The van der Waals surface area contributed by atoms with Gasteiger partial charge in [-0.25, -0.2) is 9.78 Å². The highest BCUT2D eigenvalue weighted by Gasteiger charge is 2.14. The largest absolute Gasteiger partial charge is 0.492 e. The number of ether oxygens (including phenoxy) is 1. The van der Waals surface area contributed by atoms with Gasteiger partial charge >= 0.3 is 5.97 Å². The minimum Gasteiger partial charge on any atom is -0.492 e. The molecule has 0 spiro atoms. The lowest BCUT2D eigenvalue weighted by Crippen LogP contribution is -2.27. The van der Waals surface area contributed by atoms with Crippen LogP contribution in [0.3, 0.4) is 0 Å². The van der Waals surface area contributed by atoms with Crippen LogP contribution in [-0.4, -0.2) is 47.2 Å². The molecule has 0 radical (unpaired) electrons. The third-order valence-corrected chi connectivity index (χ3v) is 4.82. The number of hydrogen-bond acceptors (Lipinski definition) is 5. The van der Waals surface area contributed by atoms with Crippen molar-refractivity contribution >= 4 is 33.2 Å². The van der Waals surface area contributed by atoms with Crippen molar-refractivity contribution in [1.82, 2.24) is 9.88 Å². The van der Waals surface area contributed by atoms with E-state index in [1.54, 1.807) is 0 Å². The second kappa shape index (κ2) is 8.42. The van der Waals surface area contributed by atoms with E-state index < -0.39 is 5.97 Å². The van der Waals surface area contributed by atoms with Crippen molar-refractivity contribution < 1.29 is 14.6 Å². The molecular weight excluding hydrogens is 380 g/mol. The van der Waals surface area contributed by atoms with Gasteiger partial charge < -0.3 is 14.7 Å². The molecule has 0 aliphatic carbocycles. The van der Waals surface area contributed by atoms with Gasteiger partial charge in [-0.15, -0.1) is 11.3 Å². The van der Waals surface area contributed by atoms with E-state index in [9.17, 15) is 4.79 Å². The molecular formula is C16H19BrN2O3S. The summed E-state index contributed by atoms with van der Waals surface area (Å²) in [5.41, 5.74) is 0.857. The smallest absolute Gasteiger partial charge is 0.355 e. The van der Waals surface area contributed by atoms with Gasteiger partial charge in [-0.1, -0.05) is 29.8 Å². The van der Waals surface area contributed by atoms with Crippen LogP contribution in [0.25, 0.3) is 10.6 Å². The second-order valence-corrected chi connectivity index (χ2v) is 6.63. The summed E-state index contributed by atoms with van der Waals surface area (Å²) < 4.78 is 6.81. The molecule has 1 aromatic heterocycles. The van der Waals surface area contributed by atoms with Crippen LogP contribution in [0.2, 0.25) is 0 Å². The van der Waals surface area contributed by atoms with E-state index in [2.05, 4.69) is 39.7 Å². The molecule has 1 heterocycles. The number of thiazole rings is 1. The molecule has 0 fully saturated rings. The Morgan fingerprint density at radius 3 is 2.74 bits per heavy atom. The third-order valence-electron chi connectivity index (χ3n) is 3.45. The quantitative estimate of drug-likeness (QED) is 0.727. The van der Waals surface area contributed by atoms with Crippen LogP contribution >= 0.6 is 27.3 Å². The maximum absolute atomic E-state index is 11.0. The molecule has 7 heteroatoms. The predicted octanol–water partition coefficient (Wildman–Crippen LogP) is 3.99. The summed E-state index contributed by atoms with van der Waals surface area (Å²) >= 11 is 4.74. The standard InChI is InChI=1S/C16H19BrN2O3S/c1-3-19(4-2)7-8-22-14-6-5-11(17)9-12(14)15-18-13(10-23-15)16(20)21/h5-6,9-10H,3-4,7-8H2,1-2H3,(H,20,21). The fraction of sp³-hybridized carbons (Fsp3) is 0.375. The van der Waals surface area contributed by atoms with E-state index in [0.29, 0.717) is 17.4 Å². The fourth-order valence-corrected chi connectivity index (χ4v) is 3.29. The summed E-state index contributed by atoms with van der Waals surface area (Å²) in [4.78, 5) is 17.5. The molecule has 2 aromatic rings. The summed E-state index contributed by atoms with van der Waals surface area (Å²) in [6.45, 7) is 7.65. The third kappa shape index (κ3) is 4.76. The molecule has 0 saturated carbocycles. The highest BCUT2D eigenvalue weighted by atomic mass is 79.9. The Morgan fingerprint density at radius 2 is 2.13 bits per heavy atom. The second-order valence-electron chi connectivity index (χ2n) is 4.86. The van der Waals surface area contributed by atoms with E-state index in [4.69, 9.17) is 9.84 Å². The molecule has 124 valence electrons. The molecule has 0 saturated heterocycles. The number of likely N-dealkylation sites (N-methyl/N-ethyl adjacent to an activating group) is 1. The summed E-state index contributed by atoms with van der Waals surface area (Å²) in [6.07, 6.45) is 0. The monoisotopic (exact) mass is 398 g/mol. The van der Waals surface area contributed by atoms with Crippen molar-refractivity contribution in [2.75, 3.05) is 26.2 Å². The van der Waals surface area contributed by atoms with Gasteiger partial charge in [-0.2, -0.15) is 0 Å². The minimum atomic E-state index is -1.02. The lowest BCUT2D eigenvalue weighted by Gasteiger charge is -2.18. The van der Waals surface area contributed by atoms with E-state index in [0.717, 1.165) is 29.7 Å². The first kappa shape index (κ1) is 17.9. The molecule has 0 aliphatic heterocycles. The SMILES string of the molecule is CCN(CC)CCOc1ccc(Br)cc1-c1nc(C(=O)O)cs1. The van der Waals surface area contributed by atoms with Gasteiger partial charge in [0.1, 0.15) is 17.4 Å². The number of carboxylic acid groups (broad SMARTS) is 1. The van der Waals surface area contributed by atoms with E-state index in [-0.39, 0.29) is 5.69 Å². The summed E-state index contributed by atoms with van der Waals surface area (Å²) in [5.74, 6) is -0.307. The van der Waals surface area contributed by atoms with Crippen LogP contribution < -0.4 is 4.74 Å². The molecule has 1 aromatic carbocycles. The van der Waals surface area contributed by atoms with Crippen molar-refractivity contribution in [2.24, 2.45) is 0 Å². The van der Waals surface area contributed by atoms with Gasteiger partial charge in [-0.3, -0.25) is 0 Å². The topological polar surface area (TPSA) is 62.7 Å². The molecule has 0 unspecified atom stereocenters. The molecule has 0 atom stereocenters. The zero-order chi connectivity index (χ0) is 16.8. The Labute approximate surface area is 148 Å². The van der Waals surface area contributed by atoms with Gasteiger partial charge in [0.25, 0.3) is 0 Å². The summed E-state index contributed by atoms with van der Waals surface area (Å²) in [6, 6.07) is 5.68. The Kier molecular flexibility index (Phi) is 6.56. The van der Waals surface area contributed by atoms with Gasteiger partial charge in [-0.05, 0) is 31.3 Å². The van der Waals surface area contributed by atoms with Crippen LogP contribution in [0.1, 0.15) is 24.3 Å². The Bertz CT molecular complexity index is 671. The average molecular weight is 399 g/mol. The first-order valence-corrected chi connectivity index (χ1v) is 9.06. The van der Waals surface area contributed by atoms with Crippen LogP contribution in [0.15, 0.2) is 28.1 Å². The number of carboxylic acids is 1. The zero-order valence-electron chi connectivity index (χ0n) is 13.1. The number of rotatable bonds is 8. The lowest BCUT2D eigenvalue weighted by atomic mass is 10.2. The molecule has 0 aliphatic rings. The highest BCUT2D eigenvalue weighted by Crippen LogP contribution is 2.34. The first-order valence-electron chi connectivity index (χ1n) is 7.39. The van der Waals surface area contributed by atoms with E-state index in [1.807, 2.05) is 18.2 Å². The number of hydrogen-bond donors (Lipinski definition) is 1. The van der Waals surface area contributed by atoms with Gasteiger partial charge in [0, 0.05) is 16.4 Å². The molecule has 5 nitrogen and oxygen atoms in total. The minimum absolute atomic E-state index is 0.0547. The lowest BCUT2D eigenvalue weighted by molar-refractivity contribution is 0.0691. The van der Waals surface area contributed by atoms with E-state index >= 15 is 0 Å². The normalized spacial score (nSPS) is 11.0. The predicted molar refractivity (Wildman–Crippen MR) is 95.5 cm³/mol. The van der Waals surface area contributed by atoms with Crippen molar-refractivity contribution in [3.63, 3.8) is 0 Å². The van der Waals surface area contributed by atoms with Crippen LogP contribution in [-0.2, 0) is 0 Å². The van der Waals surface area contributed by atoms with Crippen LogP contribution in [0, 0.1) is 0 Å². The van der Waals surface area contributed by atoms with Crippen molar-refractivity contribution in [1.29, 1.82) is 0 Å². The average Bonchev–Trinajstić information content (AvgIpc) is 3.03. The zero-order valence-corrected chi connectivity index (χ0v) is 15.5. The Morgan fingerprint density at radius 1 is 1.39 bits per heavy atom. The fourth-order valence-electron chi connectivity index (χ4n) is 2.12. The molecule has 23 heavy (non-hydrogen) atoms. The Hall–Kier alpha value is -1.44. The number of aromatic nitrogens is 1. The summed E-state index contributed by atoms with van der Waals surface area (Å²) in [5, 5.41) is 11.2. The number of halogens is 1. The molecule has 2 rings (SSSR count). The Balaban J connectivity index is 2.18. The van der Waals surface area contributed by atoms with E-state index in [1.165, 1.54) is 16.7 Å².